The molecule has 2 heteroatoms. The molecule has 1 N–H and O–H groups in total. The van der Waals surface area contributed by atoms with Gasteiger partial charge in [-0.3, -0.25) is 4.98 Å². The summed E-state index contributed by atoms with van der Waals surface area (Å²) in [4.78, 5) is 5.24. The molecular weight excluding hydrogens is 629 g/mol. The van der Waals surface area contributed by atoms with Crippen molar-refractivity contribution in [1.29, 1.82) is 0 Å². The van der Waals surface area contributed by atoms with Crippen molar-refractivity contribution in [2.24, 2.45) is 0 Å². The van der Waals surface area contributed by atoms with Gasteiger partial charge in [0.15, 0.2) is 0 Å². The molecule has 2 heterocycles. The van der Waals surface area contributed by atoms with Gasteiger partial charge in [-0.1, -0.05) is 146 Å². The van der Waals surface area contributed by atoms with E-state index in [4.69, 9.17) is 4.98 Å². The Kier molecular flexibility index (Phi) is 6.60. The van der Waals surface area contributed by atoms with Crippen LogP contribution in [-0.2, 0) is 12.8 Å². The van der Waals surface area contributed by atoms with E-state index in [1.165, 1.54) is 107 Å². The summed E-state index contributed by atoms with van der Waals surface area (Å²) in [7, 11) is 0. The van der Waals surface area contributed by atoms with E-state index in [1.54, 1.807) is 0 Å². The molecule has 6 aromatic carbocycles. The fraction of sp³-hybridized carbons (Fsp3) is 0.100. The van der Waals surface area contributed by atoms with E-state index in [2.05, 4.69) is 163 Å². The number of aromatic nitrogens is 1. The molecule has 0 saturated carbocycles. The van der Waals surface area contributed by atoms with E-state index < -0.39 is 0 Å². The molecule has 11 rings (SSSR count). The van der Waals surface area contributed by atoms with Gasteiger partial charge in [-0.15, -0.1) is 0 Å². The second-order valence-electron chi connectivity index (χ2n) is 14.5. The number of aryl methyl sites for hydroxylation is 2. The molecule has 3 aliphatic carbocycles. The monoisotopic (exact) mass is 664 g/mol. The summed E-state index contributed by atoms with van der Waals surface area (Å²) in [5.41, 5.74) is 19.0. The summed E-state index contributed by atoms with van der Waals surface area (Å²) in [6, 6.07) is 47.3. The third-order valence-electron chi connectivity index (χ3n) is 11.6. The van der Waals surface area contributed by atoms with Crippen molar-refractivity contribution in [2.75, 3.05) is 0 Å². The van der Waals surface area contributed by atoms with E-state index in [0.29, 0.717) is 0 Å². The number of fused-ring (bicyclic) bond motifs is 6. The van der Waals surface area contributed by atoms with Gasteiger partial charge in [0.05, 0.1) is 17.4 Å². The predicted molar refractivity (Wildman–Crippen MR) is 218 cm³/mol. The molecule has 246 valence electrons. The Labute approximate surface area is 304 Å². The Morgan fingerprint density at radius 1 is 0.538 bits per heavy atom. The molecule has 1 aliphatic heterocycles. The van der Waals surface area contributed by atoms with Crippen LogP contribution in [0.4, 0.5) is 0 Å². The van der Waals surface area contributed by atoms with Crippen LogP contribution >= 0.6 is 0 Å². The lowest BCUT2D eigenvalue weighted by Gasteiger charge is -2.30. The number of benzene rings is 6. The Bertz CT molecular complexity index is 2650. The third-order valence-corrected chi connectivity index (χ3v) is 11.6. The molecule has 0 fully saturated rings. The Morgan fingerprint density at radius 2 is 1.19 bits per heavy atom. The first kappa shape index (κ1) is 29.5. The minimum Gasteiger partial charge on any atom is -0.373 e. The number of allylic oxidation sites excluding steroid dienone is 4. The van der Waals surface area contributed by atoms with Crippen LogP contribution in [0.1, 0.15) is 35.4 Å². The molecular formula is C50H36N2. The molecule has 0 radical (unpaired) electrons. The van der Waals surface area contributed by atoms with Crippen molar-refractivity contribution < 1.29 is 0 Å². The van der Waals surface area contributed by atoms with Gasteiger partial charge < -0.3 is 5.32 Å². The summed E-state index contributed by atoms with van der Waals surface area (Å²) in [5.74, 6) is 0. The molecule has 0 spiro atoms. The number of nitrogens with one attached hydrogen (secondary N) is 1. The first-order chi connectivity index (χ1) is 25.8. The lowest BCUT2D eigenvalue weighted by molar-refractivity contribution is 0.666. The molecule has 52 heavy (non-hydrogen) atoms. The van der Waals surface area contributed by atoms with Gasteiger partial charge in [-0.05, 0) is 126 Å². The highest BCUT2D eigenvalue weighted by Gasteiger charge is 2.32. The van der Waals surface area contributed by atoms with Crippen LogP contribution in [0.2, 0.25) is 0 Å². The number of rotatable bonds is 4. The fourth-order valence-corrected chi connectivity index (χ4v) is 9.32. The van der Waals surface area contributed by atoms with Crippen molar-refractivity contribution in [3.05, 3.63) is 186 Å². The summed E-state index contributed by atoms with van der Waals surface area (Å²) >= 11 is 0. The van der Waals surface area contributed by atoms with E-state index in [1.807, 2.05) is 0 Å². The highest BCUT2D eigenvalue weighted by atomic mass is 15.0. The van der Waals surface area contributed by atoms with Gasteiger partial charge in [0.2, 0.25) is 0 Å². The Balaban J connectivity index is 1.19. The summed E-state index contributed by atoms with van der Waals surface area (Å²) in [6.45, 7) is 0. The summed E-state index contributed by atoms with van der Waals surface area (Å²) in [5, 5.41) is 9.03. The minimum absolute atomic E-state index is 0.0812. The second-order valence-corrected chi connectivity index (χ2v) is 14.5. The maximum atomic E-state index is 5.24. The molecule has 0 amide bonds. The van der Waals surface area contributed by atoms with Crippen molar-refractivity contribution in [1.82, 2.24) is 10.3 Å². The van der Waals surface area contributed by atoms with Gasteiger partial charge in [0, 0.05) is 5.69 Å². The Morgan fingerprint density at radius 3 is 1.94 bits per heavy atom. The zero-order chi connectivity index (χ0) is 34.2. The molecule has 4 aliphatic rings. The van der Waals surface area contributed by atoms with Crippen LogP contribution in [-0.4, -0.2) is 11.0 Å². The zero-order valence-electron chi connectivity index (χ0n) is 28.9. The largest absolute Gasteiger partial charge is 0.373 e. The lowest BCUT2D eigenvalue weighted by Crippen LogP contribution is -2.32. The number of dihydropyridines is 1. The topological polar surface area (TPSA) is 24.9 Å². The maximum Gasteiger partial charge on any atom is 0.0864 e. The first-order valence-corrected chi connectivity index (χ1v) is 18.6. The van der Waals surface area contributed by atoms with E-state index in [0.717, 1.165) is 24.2 Å². The third kappa shape index (κ3) is 4.40. The minimum atomic E-state index is 0.0812. The average Bonchev–Trinajstić information content (AvgIpc) is 3.55. The van der Waals surface area contributed by atoms with Crippen molar-refractivity contribution in [2.45, 2.75) is 31.7 Å². The predicted octanol–water partition coefficient (Wildman–Crippen LogP) is 12.1. The van der Waals surface area contributed by atoms with Gasteiger partial charge in [0.1, 0.15) is 0 Å². The number of hydrogen-bond acceptors (Lipinski definition) is 2. The Hall–Kier alpha value is -6.25. The van der Waals surface area contributed by atoms with Crippen LogP contribution in [0.15, 0.2) is 163 Å². The number of hydrogen-bond donors (Lipinski definition) is 1. The smallest absolute Gasteiger partial charge is 0.0864 e. The van der Waals surface area contributed by atoms with E-state index >= 15 is 0 Å². The van der Waals surface area contributed by atoms with Gasteiger partial charge in [-0.2, -0.15) is 0 Å². The van der Waals surface area contributed by atoms with Crippen molar-refractivity contribution in [3.8, 4) is 44.5 Å². The SMILES string of the molecule is C1=CC2=C(c3ccc4c5c(cccc35)-c3c-4c(-c4ccccc4)c4ccccc4c3-c3ccccc3)C=C(c3ccc4c(n3)CCCC4)NC2C=C1. The highest BCUT2D eigenvalue weighted by molar-refractivity contribution is 6.28. The normalized spacial score (nSPS) is 16.8. The van der Waals surface area contributed by atoms with Gasteiger partial charge in [0.25, 0.3) is 0 Å². The van der Waals surface area contributed by atoms with Gasteiger partial charge >= 0.3 is 0 Å². The molecule has 1 unspecified atom stereocenters. The molecule has 2 nitrogen and oxygen atoms in total. The zero-order valence-corrected chi connectivity index (χ0v) is 28.9. The highest BCUT2D eigenvalue weighted by Crippen LogP contribution is 2.58. The summed E-state index contributed by atoms with van der Waals surface area (Å²) in [6.07, 6.45) is 15.9. The average molecular weight is 665 g/mol. The van der Waals surface area contributed by atoms with Crippen LogP contribution in [0.25, 0.3) is 77.3 Å². The molecule has 1 atom stereocenters. The van der Waals surface area contributed by atoms with Crippen molar-refractivity contribution >= 4 is 32.8 Å². The first-order valence-electron chi connectivity index (χ1n) is 18.6. The molecule has 0 bridgehead atoms. The maximum absolute atomic E-state index is 5.24. The molecule has 1 aromatic heterocycles. The molecule has 0 saturated heterocycles. The van der Waals surface area contributed by atoms with Crippen LogP contribution in [0.5, 0.6) is 0 Å². The van der Waals surface area contributed by atoms with E-state index in [-0.39, 0.29) is 6.04 Å². The fourth-order valence-electron chi connectivity index (χ4n) is 9.32. The van der Waals surface area contributed by atoms with Gasteiger partial charge in [-0.25, -0.2) is 0 Å². The van der Waals surface area contributed by atoms with Crippen LogP contribution in [0.3, 0.4) is 0 Å². The van der Waals surface area contributed by atoms with E-state index in [9.17, 15) is 0 Å². The molecule has 7 aromatic rings. The second kappa shape index (κ2) is 11.6. The number of nitrogens with zero attached hydrogens (tertiary/aromatic N) is 1. The standard InChI is InChI=1S/C50H36N2/c1-3-15-32(16-4-1)46-37-20-8-9-21-38(37)47(33-17-5-2-6-18-33)50-40-28-27-34(36-22-13-23-39(48(36)40)49(46)50)41-30-45(52-43-25-12-10-19-35(41)43)44-29-26-31-14-7-11-24-42(31)51-44/h1-6,8-10,12-13,15-23,25-30,43,52H,7,11,14,24H2. The number of pyridine rings is 1. The lowest BCUT2D eigenvalue weighted by atomic mass is 9.82. The van der Waals surface area contributed by atoms with Crippen molar-refractivity contribution in [3.63, 3.8) is 0 Å². The van der Waals surface area contributed by atoms with Crippen LogP contribution in [0, 0.1) is 0 Å². The quantitative estimate of drug-likeness (QED) is 0.203. The van der Waals surface area contributed by atoms with Crippen LogP contribution < -0.4 is 5.32 Å². The summed E-state index contributed by atoms with van der Waals surface area (Å²) < 4.78 is 0.